The number of aliphatic hydroxyl groups is 1. The molecule has 8 nitrogen and oxygen atoms in total. The third-order valence-electron chi connectivity index (χ3n) is 6.01. The number of benzene rings is 1. The molecule has 0 atom stereocenters. The third kappa shape index (κ3) is 3.82. The number of nitrogens with zero attached hydrogens (tertiary/aromatic N) is 4. The van der Waals surface area contributed by atoms with E-state index >= 15 is 0 Å². The normalized spacial score (nSPS) is 17.9. The monoisotopic (exact) mass is 437 g/mol. The molecule has 2 aliphatic heterocycles. The second kappa shape index (κ2) is 7.82. The van der Waals surface area contributed by atoms with E-state index in [9.17, 15) is 14.7 Å². The number of rotatable bonds is 4. The zero-order valence-corrected chi connectivity index (χ0v) is 17.7. The molecule has 4 heterocycles. The highest BCUT2D eigenvalue weighted by Gasteiger charge is 2.38. The lowest BCUT2D eigenvalue weighted by Gasteiger charge is -2.42. The number of fused-ring (bicyclic) bond motifs is 1. The number of carbonyl (C=O) groups is 2. The molecule has 0 bridgehead atoms. The fourth-order valence-corrected chi connectivity index (χ4v) is 4.74. The van der Waals surface area contributed by atoms with Gasteiger partial charge in [-0.15, -0.1) is 11.3 Å². The van der Waals surface area contributed by atoms with E-state index in [1.807, 2.05) is 35.7 Å². The van der Waals surface area contributed by atoms with Crippen LogP contribution in [0, 0.1) is 0 Å². The smallest absolute Gasteiger partial charge is 0.273 e. The van der Waals surface area contributed by atoms with Crippen LogP contribution in [0.15, 0.2) is 53.5 Å². The molecule has 5 rings (SSSR count). The van der Waals surface area contributed by atoms with E-state index in [0.29, 0.717) is 43.9 Å². The van der Waals surface area contributed by atoms with Crippen molar-refractivity contribution in [2.24, 2.45) is 0 Å². The number of hydrogen-bond donors (Lipinski definition) is 2. The van der Waals surface area contributed by atoms with E-state index in [-0.39, 0.29) is 18.4 Å². The van der Waals surface area contributed by atoms with Crippen molar-refractivity contribution in [1.29, 1.82) is 0 Å². The molecule has 0 radical (unpaired) electrons. The molecule has 3 aromatic rings. The van der Waals surface area contributed by atoms with E-state index in [0.717, 1.165) is 11.3 Å². The molecule has 2 N–H and O–H groups in total. The number of β-amino-alcohol motifs (C(OH)–C–C–N with tert-alkyl or cyclic N) is 1. The van der Waals surface area contributed by atoms with Gasteiger partial charge in [-0.3, -0.25) is 14.3 Å². The fraction of sp³-hybridized carbons (Fsp3) is 0.318. The van der Waals surface area contributed by atoms with Crippen LogP contribution in [0.2, 0.25) is 0 Å². The Kier molecular flexibility index (Phi) is 4.99. The van der Waals surface area contributed by atoms with E-state index < -0.39 is 5.60 Å². The number of likely N-dealkylation sites (tertiary alicyclic amines) is 1. The molecular formula is C22H23N5O3S. The van der Waals surface area contributed by atoms with Crippen LogP contribution in [0.4, 0.5) is 0 Å². The second-order valence-electron chi connectivity index (χ2n) is 8.05. The molecular weight excluding hydrogens is 414 g/mol. The first kappa shape index (κ1) is 19.8. The Labute approximate surface area is 183 Å². The number of carbonyl (C=O) groups excluding carboxylic acids is 2. The summed E-state index contributed by atoms with van der Waals surface area (Å²) in [6, 6.07) is 11.0. The molecule has 160 valence electrons. The van der Waals surface area contributed by atoms with Crippen molar-refractivity contribution in [3.8, 4) is 11.3 Å². The maximum Gasteiger partial charge on any atom is 0.273 e. The Morgan fingerprint density at radius 1 is 1.19 bits per heavy atom. The topological polar surface area (TPSA) is 90.7 Å². The van der Waals surface area contributed by atoms with Gasteiger partial charge in [-0.05, 0) is 37.1 Å². The quantitative estimate of drug-likeness (QED) is 0.653. The highest BCUT2D eigenvalue weighted by Crippen LogP contribution is 2.26. The fourth-order valence-electron chi connectivity index (χ4n) is 4.18. The Hall–Kier alpha value is -3.17. The molecule has 1 saturated heterocycles. The van der Waals surface area contributed by atoms with Crippen molar-refractivity contribution in [2.75, 3.05) is 31.7 Å². The van der Waals surface area contributed by atoms with Crippen LogP contribution < -0.4 is 5.43 Å². The zero-order valence-electron chi connectivity index (χ0n) is 16.9. The first-order valence-corrected chi connectivity index (χ1v) is 11.2. The maximum atomic E-state index is 12.9. The minimum Gasteiger partial charge on any atom is -0.388 e. The summed E-state index contributed by atoms with van der Waals surface area (Å²) in [6.07, 6.45) is 2.66. The van der Waals surface area contributed by atoms with Gasteiger partial charge in [0.25, 0.3) is 11.8 Å². The molecule has 2 amide bonds. The molecule has 2 aliphatic rings. The van der Waals surface area contributed by atoms with Crippen molar-refractivity contribution in [3.05, 3.63) is 64.7 Å². The molecule has 31 heavy (non-hydrogen) atoms. The van der Waals surface area contributed by atoms with Gasteiger partial charge in [0.15, 0.2) is 0 Å². The van der Waals surface area contributed by atoms with Crippen molar-refractivity contribution in [1.82, 2.24) is 19.5 Å². The largest absolute Gasteiger partial charge is 0.388 e. The van der Waals surface area contributed by atoms with Gasteiger partial charge in [0, 0.05) is 35.8 Å². The molecule has 0 unspecified atom stereocenters. The van der Waals surface area contributed by atoms with E-state index in [1.165, 1.54) is 11.3 Å². The van der Waals surface area contributed by atoms with Gasteiger partial charge >= 0.3 is 0 Å². The van der Waals surface area contributed by atoms with Gasteiger partial charge < -0.3 is 20.3 Å². The first-order chi connectivity index (χ1) is 15.0. The summed E-state index contributed by atoms with van der Waals surface area (Å²) in [4.78, 5) is 33.3. The van der Waals surface area contributed by atoms with Gasteiger partial charge in [-0.1, -0.05) is 12.1 Å². The van der Waals surface area contributed by atoms with Crippen molar-refractivity contribution >= 4 is 23.2 Å². The molecule has 0 aliphatic carbocycles. The van der Waals surface area contributed by atoms with Crippen LogP contribution in [0.5, 0.6) is 0 Å². The van der Waals surface area contributed by atoms with Crippen molar-refractivity contribution in [2.45, 2.75) is 18.4 Å². The second-order valence-corrected chi connectivity index (χ2v) is 8.77. The number of piperidine rings is 1. The molecule has 2 aromatic heterocycles. The Balaban J connectivity index is 1.20. The van der Waals surface area contributed by atoms with Crippen LogP contribution in [0.3, 0.4) is 0 Å². The Morgan fingerprint density at radius 2 is 1.97 bits per heavy atom. The minimum atomic E-state index is -1.00. The van der Waals surface area contributed by atoms with Gasteiger partial charge in [-0.25, -0.2) is 4.98 Å². The van der Waals surface area contributed by atoms with Crippen LogP contribution in [0.1, 0.15) is 33.7 Å². The molecule has 1 fully saturated rings. The van der Waals surface area contributed by atoms with Gasteiger partial charge in [-0.2, -0.15) is 0 Å². The highest BCUT2D eigenvalue weighted by molar-refractivity contribution is 7.07. The average molecular weight is 438 g/mol. The Morgan fingerprint density at radius 3 is 2.68 bits per heavy atom. The Bertz CT molecular complexity index is 1080. The van der Waals surface area contributed by atoms with Crippen LogP contribution in [0.25, 0.3) is 11.3 Å². The third-order valence-corrected chi connectivity index (χ3v) is 6.60. The molecule has 9 heteroatoms. The predicted octanol–water partition coefficient (Wildman–Crippen LogP) is 2.24. The number of aromatic nitrogens is 2. The van der Waals surface area contributed by atoms with E-state index in [2.05, 4.69) is 10.4 Å². The van der Waals surface area contributed by atoms with Crippen LogP contribution in [-0.2, 0) is 0 Å². The first-order valence-electron chi connectivity index (χ1n) is 10.2. The highest BCUT2D eigenvalue weighted by atomic mass is 32.1. The number of thiazole rings is 1. The summed E-state index contributed by atoms with van der Waals surface area (Å²) < 4.78 is 1.70. The lowest BCUT2D eigenvalue weighted by atomic mass is 9.90. The SMILES string of the molecule is O=C(c1ccc(-c2cscn2)cc1)N1CCC(O)(CN2CNn3cccc3C2=O)CC1. The van der Waals surface area contributed by atoms with Crippen molar-refractivity contribution < 1.29 is 14.7 Å². The van der Waals surface area contributed by atoms with Crippen molar-refractivity contribution in [3.63, 3.8) is 0 Å². The molecule has 0 saturated carbocycles. The number of amides is 2. The van der Waals surface area contributed by atoms with Crippen LogP contribution >= 0.6 is 11.3 Å². The summed E-state index contributed by atoms with van der Waals surface area (Å²) in [5.41, 5.74) is 6.99. The lowest BCUT2D eigenvalue weighted by Crippen LogP contribution is -2.56. The lowest BCUT2D eigenvalue weighted by molar-refractivity contribution is -0.0369. The average Bonchev–Trinajstić information content (AvgIpc) is 3.48. The summed E-state index contributed by atoms with van der Waals surface area (Å²) in [5, 5.41) is 13.1. The van der Waals surface area contributed by atoms with E-state index in [1.54, 1.807) is 32.2 Å². The number of hydrogen-bond acceptors (Lipinski definition) is 6. The van der Waals surface area contributed by atoms with Gasteiger partial charge in [0.05, 0.1) is 23.4 Å². The van der Waals surface area contributed by atoms with Crippen LogP contribution in [-0.4, -0.2) is 68.3 Å². The minimum absolute atomic E-state index is 0.0413. The molecule has 1 aromatic carbocycles. The standard InChI is InChI=1S/C22H23N5O3S/c28-20(17-5-3-16(4-6-17)18-12-31-15-23-18)25-10-7-22(30,8-11-25)13-26-14-24-27-9-1-2-19(27)21(26)29/h1-6,9,12,15,24,30H,7-8,10-11,13-14H2. The predicted molar refractivity (Wildman–Crippen MR) is 117 cm³/mol. The molecule has 0 spiro atoms. The summed E-state index contributed by atoms with van der Waals surface area (Å²) in [6.45, 7) is 1.50. The van der Waals surface area contributed by atoms with Gasteiger partial charge in [0.2, 0.25) is 0 Å². The zero-order chi connectivity index (χ0) is 21.4. The summed E-state index contributed by atoms with van der Waals surface area (Å²) >= 11 is 1.54. The summed E-state index contributed by atoms with van der Waals surface area (Å²) in [5.74, 6) is -0.142. The maximum absolute atomic E-state index is 12.9. The summed E-state index contributed by atoms with van der Waals surface area (Å²) in [7, 11) is 0. The van der Waals surface area contributed by atoms with Gasteiger partial charge in [0.1, 0.15) is 12.4 Å². The number of nitrogens with one attached hydrogen (secondary N) is 1. The van der Waals surface area contributed by atoms with E-state index in [4.69, 9.17) is 0 Å².